The molecule has 0 amide bonds. The van der Waals surface area contributed by atoms with Gasteiger partial charge in [-0.2, -0.15) is 0 Å². The first-order chi connectivity index (χ1) is 10.5. The number of likely N-dealkylation sites (N-methyl/N-ethyl adjacent to an activating group) is 1. The molecular weight excluding hydrogens is 290 g/mol. The maximum Gasteiger partial charge on any atom is 0.330 e. The van der Waals surface area contributed by atoms with E-state index in [1.807, 2.05) is 13.8 Å². The minimum Gasteiger partial charge on any atom is -0.465 e. The van der Waals surface area contributed by atoms with Gasteiger partial charge in [0, 0.05) is 12.6 Å². The van der Waals surface area contributed by atoms with Crippen molar-refractivity contribution in [2.75, 3.05) is 39.5 Å². The van der Waals surface area contributed by atoms with Gasteiger partial charge in [-0.05, 0) is 13.1 Å². The van der Waals surface area contributed by atoms with Crippen LogP contribution in [0.3, 0.4) is 0 Å². The monoisotopic (exact) mass is 315 g/mol. The fourth-order valence-electron chi connectivity index (χ4n) is 1.51. The first kappa shape index (κ1) is 20.1. The Morgan fingerprint density at radius 1 is 0.909 bits per heavy atom. The van der Waals surface area contributed by atoms with E-state index < -0.39 is 17.9 Å². The van der Waals surface area contributed by atoms with Gasteiger partial charge in [0.15, 0.2) is 0 Å². The van der Waals surface area contributed by atoms with Crippen LogP contribution in [0.25, 0.3) is 0 Å². The summed E-state index contributed by atoms with van der Waals surface area (Å²) in [7, 11) is 0. The highest BCUT2D eigenvalue weighted by molar-refractivity contribution is 5.81. The van der Waals surface area contributed by atoms with Gasteiger partial charge in [-0.3, -0.25) is 9.59 Å². The number of ether oxygens (including phenoxy) is 3. The third kappa shape index (κ3) is 10.8. The number of carbonyl (C=O) groups excluding carboxylic acids is 3. The lowest BCUT2D eigenvalue weighted by Crippen LogP contribution is -2.28. The summed E-state index contributed by atoms with van der Waals surface area (Å²) >= 11 is 0. The number of hydrogen-bond donors (Lipinski definition) is 0. The summed E-state index contributed by atoms with van der Waals surface area (Å²) in [5.74, 6) is -1.53. The highest BCUT2D eigenvalue weighted by Gasteiger charge is 2.08. The smallest absolute Gasteiger partial charge is 0.330 e. The van der Waals surface area contributed by atoms with E-state index in [0.717, 1.165) is 19.2 Å². The second-order valence-electron chi connectivity index (χ2n) is 4.34. The van der Waals surface area contributed by atoms with E-state index >= 15 is 0 Å². The molecule has 0 atom stereocenters. The van der Waals surface area contributed by atoms with Crippen LogP contribution in [0.15, 0.2) is 12.7 Å². The van der Waals surface area contributed by atoms with Crippen molar-refractivity contribution < 1.29 is 28.6 Å². The molecule has 0 saturated heterocycles. The van der Waals surface area contributed by atoms with Gasteiger partial charge in [-0.25, -0.2) is 4.79 Å². The van der Waals surface area contributed by atoms with Crippen molar-refractivity contribution in [3.8, 4) is 0 Å². The van der Waals surface area contributed by atoms with E-state index in [0.29, 0.717) is 13.2 Å². The standard InChI is InChI=1S/C15H25NO6/c1-4-13(17)20-10-7-14(18)21-11-8-15(19)22-12-9-16(5-2)6-3/h4H,1,5-12H2,2-3H3. The van der Waals surface area contributed by atoms with E-state index in [1.54, 1.807) is 0 Å². The molecule has 0 radical (unpaired) electrons. The van der Waals surface area contributed by atoms with Crippen molar-refractivity contribution in [2.24, 2.45) is 0 Å². The number of nitrogens with zero attached hydrogens (tertiary/aromatic N) is 1. The Hall–Kier alpha value is -1.89. The second-order valence-corrected chi connectivity index (χ2v) is 4.34. The number of rotatable bonds is 12. The summed E-state index contributed by atoms with van der Waals surface area (Å²) in [4.78, 5) is 35.6. The van der Waals surface area contributed by atoms with Crippen LogP contribution in [0.1, 0.15) is 26.7 Å². The molecule has 7 nitrogen and oxygen atoms in total. The zero-order valence-electron chi connectivity index (χ0n) is 13.3. The highest BCUT2D eigenvalue weighted by atomic mass is 16.6. The molecule has 0 bridgehead atoms. The van der Waals surface area contributed by atoms with Crippen LogP contribution in [0.4, 0.5) is 0 Å². The van der Waals surface area contributed by atoms with Gasteiger partial charge in [0.1, 0.15) is 19.8 Å². The molecule has 0 aromatic heterocycles. The van der Waals surface area contributed by atoms with Gasteiger partial charge >= 0.3 is 17.9 Å². The Kier molecular flexibility index (Phi) is 11.7. The molecular formula is C15H25NO6. The van der Waals surface area contributed by atoms with Gasteiger partial charge < -0.3 is 19.1 Å². The lowest BCUT2D eigenvalue weighted by molar-refractivity contribution is -0.150. The summed E-state index contributed by atoms with van der Waals surface area (Å²) in [6.45, 7) is 10.0. The largest absolute Gasteiger partial charge is 0.465 e. The van der Waals surface area contributed by atoms with Gasteiger partial charge in [0.05, 0.1) is 12.8 Å². The van der Waals surface area contributed by atoms with Crippen molar-refractivity contribution in [2.45, 2.75) is 26.7 Å². The van der Waals surface area contributed by atoms with E-state index in [9.17, 15) is 14.4 Å². The molecule has 7 heteroatoms. The van der Waals surface area contributed by atoms with Crippen molar-refractivity contribution in [3.05, 3.63) is 12.7 Å². The van der Waals surface area contributed by atoms with E-state index in [2.05, 4.69) is 16.2 Å². The van der Waals surface area contributed by atoms with Crippen LogP contribution in [0.5, 0.6) is 0 Å². The Morgan fingerprint density at radius 3 is 1.91 bits per heavy atom. The Morgan fingerprint density at radius 2 is 1.41 bits per heavy atom. The molecule has 126 valence electrons. The molecule has 0 aliphatic carbocycles. The van der Waals surface area contributed by atoms with Gasteiger partial charge in [-0.1, -0.05) is 20.4 Å². The summed E-state index contributed by atoms with van der Waals surface area (Å²) < 4.78 is 14.5. The predicted molar refractivity (Wildman–Crippen MR) is 80.1 cm³/mol. The molecule has 22 heavy (non-hydrogen) atoms. The molecule has 0 saturated carbocycles. The summed E-state index contributed by atoms with van der Waals surface area (Å²) in [6.07, 6.45) is 0.965. The predicted octanol–water partition coefficient (Wildman–Crippen LogP) is 0.924. The maximum absolute atomic E-state index is 11.4. The molecule has 0 aromatic carbocycles. The van der Waals surface area contributed by atoms with Crippen LogP contribution in [-0.4, -0.2) is 62.3 Å². The molecule has 0 N–H and O–H groups in total. The fraction of sp³-hybridized carbons (Fsp3) is 0.667. The van der Waals surface area contributed by atoms with Crippen LogP contribution >= 0.6 is 0 Å². The molecule has 0 fully saturated rings. The summed E-state index contributed by atoms with van der Waals surface area (Å²) in [5.41, 5.74) is 0. The average Bonchev–Trinajstić information content (AvgIpc) is 2.51. The number of carbonyl (C=O) groups is 3. The average molecular weight is 315 g/mol. The topological polar surface area (TPSA) is 82.1 Å². The van der Waals surface area contributed by atoms with Gasteiger partial charge in [0.25, 0.3) is 0 Å². The number of esters is 3. The molecule has 0 unspecified atom stereocenters. The summed E-state index contributed by atoms with van der Waals surface area (Å²) in [6, 6.07) is 0. The van der Waals surface area contributed by atoms with E-state index in [-0.39, 0.29) is 26.1 Å². The van der Waals surface area contributed by atoms with Crippen molar-refractivity contribution in [1.29, 1.82) is 0 Å². The normalized spacial score (nSPS) is 10.1. The number of hydrogen-bond acceptors (Lipinski definition) is 7. The Balaban J connectivity index is 3.60. The minimum absolute atomic E-state index is 0.0104. The quantitative estimate of drug-likeness (QED) is 0.301. The molecule has 0 heterocycles. The van der Waals surface area contributed by atoms with Crippen LogP contribution < -0.4 is 0 Å². The van der Waals surface area contributed by atoms with E-state index in [1.165, 1.54) is 0 Å². The zero-order valence-corrected chi connectivity index (χ0v) is 13.3. The lowest BCUT2D eigenvalue weighted by atomic mass is 10.4. The molecule has 0 spiro atoms. The molecule has 0 aliphatic rings. The zero-order chi connectivity index (χ0) is 16.8. The first-order valence-electron chi connectivity index (χ1n) is 7.36. The Labute approximate surface area is 131 Å². The SMILES string of the molecule is C=CC(=O)OCCC(=O)OCCC(=O)OCCN(CC)CC. The third-order valence-electron chi connectivity index (χ3n) is 2.85. The van der Waals surface area contributed by atoms with Crippen LogP contribution in [0.2, 0.25) is 0 Å². The molecule has 0 aromatic rings. The molecule has 0 rings (SSSR count). The Bertz CT molecular complexity index is 365. The van der Waals surface area contributed by atoms with Crippen LogP contribution in [-0.2, 0) is 28.6 Å². The highest BCUT2D eigenvalue weighted by Crippen LogP contribution is 1.94. The minimum atomic E-state index is -0.593. The van der Waals surface area contributed by atoms with Crippen molar-refractivity contribution >= 4 is 17.9 Å². The molecule has 0 aliphatic heterocycles. The lowest BCUT2D eigenvalue weighted by Gasteiger charge is -2.17. The second kappa shape index (κ2) is 12.8. The van der Waals surface area contributed by atoms with Crippen LogP contribution in [0, 0.1) is 0 Å². The van der Waals surface area contributed by atoms with Gasteiger partial charge in [-0.15, -0.1) is 0 Å². The van der Waals surface area contributed by atoms with Crippen molar-refractivity contribution in [3.63, 3.8) is 0 Å². The fourth-order valence-corrected chi connectivity index (χ4v) is 1.51. The summed E-state index contributed by atoms with van der Waals surface area (Å²) in [5, 5.41) is 0. The first-order valence-corrected chi connectivity index (χ1v) is 7.36. The van der Waals surface area contributed by atoms with E-state index in [4.69, 9.17) is 9.47 Å². The third-order valence-corrected chi connectivity index (χ3v) is 2.85. The van der Waals surface area contributed by atoms with Gasteiger partial charge in [0.2, 0.25) is 0 Å². The van der Waals surface area contributed by atoms with Crippen molar-refractivity contribution in [1.82, 2.24) is 4.90 Å². The maximum atomic E-state index is 11.4.